The van der Waals surface area contributed by atoms with E-state index in [1.165, 1.54) is 19.3 Å². The molecule has 1 aliphatic rings. The van der Waals surface area contributed by atoms with Gasteiger partial charge in [-0.2, -0.15) is 0 Å². The van der Waals surface area contributed by atoms with Gasteiger partial charge >= 0.3 is 17.9 Å². The third kappa shape index (κ3) is 11.0. The third-order valence-corrected chi connectivity index (χ3v) is 6.38. The van der Waals surface area contributed by atoms with E-state index in [4.69, 9.17) is 9.47 Å². The molecule has 0 spiro atoms. The minimum atomic E-state index is -1.05. The van der Waals surface area contributed by atoms with E-state index in [9.17, 15) is 19.5 Å². The number of carboxylic acid groups (broad SMARTS) is 1. The van der Waals surface area contributed by atoms with Crippen molar-refractivity contribution in [1.29, 1.82) is 0 Å². The summed E-state index contributed by atoms with van der Waals surface area (Å²) in [5.74, 6) is -0.445. The summed E-state index contributed by atoms with van der Waals surface area (Å²) in [6.07, 6.45) is 7.99. The van der Waals surface area contributed by atoms with Crippen LogP contribution < -0.4 is 0 Å². The molecule has 0 aromatic heterocycles. The number of cyclic esters (lactones) is 1. The lowest BCUT2D eigenvalue weighted by atomic mass is 9.84. The van der Waals surface area contributed by atoms with Crippen molar-refractivity contribution in [2.24, 2.45) is 29.6 Å². The van der Waals surface area contributed by atoms with Gasteiger partial charge in [-0.3, -0.25) is 4.79 Å². The molecule has 1 saturated heterocycles. The monoisotopic (exact) mass is 464 g/mol. The first-order chi connectivity index (χ1) is 15.4. The zero-order valence-corrected chi connectivity index (χ0v) is 21.6. The molecule has 6 heteroatoms. The van der Waals surface area contributed by atoms with Gasteiger partial charge in [0.05, 0.1) is 12.5 Å². The number of esters is 2. The highest BCUT2D eigenvalue weighted by Crippen LogP contribution is 2.26. The second-order valence-electron chi connectivity index (χ2n) is 10.3. The van der Waals surface area contributed by atoms with Crippen LogP contribution in [0.2, 0.25) is 0 Å². The Bertz CT molecular complexity index is 722. The van der Waals surface area contributed by atoms with Crippen LogP contribution in [0.15, 0.2) is 23.3 Å². The zero-order chi connectivity index (χ0) is 25.1. The Morgan fingerprint density at radius 3 is 2.24 bits per heavy atom. The van der Waals surface area contributed by atoms with Crippen LogP contribution in [0.25, 0.3) is 0 Å². The molecule has 6 nitrogen and oxygen atoms in total. The SMILES string of the molecule is CCC(C)CC(C)CC(C)CC(C)C=C(C)C=C(CC(C)C(=O)O[C@@H]1CCOC1=O)C(=O)O. The fourth-order valence-electron chi connectivity index (χ4n) is 4.67. The van der Waals surface area contributed by atoms with Crippen molar-refractivity contribution in [2.75, 3.05) is 6.61 Å². The summed E-state index contributed by atoms with van der Waals surface area (Å²) >= 11 is 0. The molecular weight excluding hydrogens is 420 g/mol. The highest BCUT2D eigenvalue weighted by atomic mass is 16.6. The lowest BCUT2D eigenvalue weighted by Gasteiger charge is -2.21. The first-order valence-corrected chi connectivity index (χ1v) is 12.4. The number of ether oxygens (including phenoxy) is 2. The van der Waals surface area contributed by atoms with Crippen molar-refractivity contribution in [3.05, 3.63) is 23.3 Å². The Morgan fingerprint density at radius 1 is 1.09 bits per heavy atom. The smallest absolute Gasteiger partial charge is 0.347 e. The Kier molecular flexibility index (Phi) is 12.5. The van der Waals surface area contributed by atoms with Crippen LogP contribution in [0, 0.1) is 29.6 Å². The fraction of sp³-hybridized carbons (Fsp3) is 0.741. The number of rotatable bonds is 14. The standard InChI is InChI=1S/C27H44O6/c1-8-17(2)11-18(3)12-19(4)13-20(5)14-21(6)15-23(25(28)29)16-22(7)26(30)33-24-9-10-32-27(24)31/h14-15,17-20,22,24H,8-13,16H2,1-7H3,(H,28,29)/t17?,18?,19?,20?,22?,24-/m1/s1. The molecule has 1 fully saturated rings. The van der Waals surface area contributed by atoms with Crippen molar-refractivity contribution in [3.8, 4) is 0 Å². The van der Waals surface area contributed by atoms with E-state index in [0.717, 1.165) is 17.9 Å². The molecule has 1 heterocycles. The van der Waals surface area contributed by atoms with Crippen LogP contribution in [0.3, 0.4) is 0 Å². The normalized spacial score (nSPS) is 21.7. The molecule has 0 bridgehead atoms. The third-order valence-electron chi connectivity index (χ3n) is 6.38. The van der Waals surface area contributed by atoms with Gasteiger partial charge in [-0.15, -0.1) is 0 Å². The Hall–Kier alpha value is -2.11. The minimum absolute atomic E-state index is 0.0407. The highest BCUT2D eigenvalue weighted by Gasteiger charge is 2.32. The zero-order valence-electron chi connectivity index (χ0n) is 21.6. The molecule has 0 aromatic rings. The molecule has 0 aliphatic carbocycles. The predicted octanol–water partition coefficient (Wildman–Crippen LogP) is 5.95. The van der Waals surface area contributed by atoms with Gasteiger partial charge in [0.25, 0.3) is 0 Å². The largest absolute Gasteiger partial charge is 0.478 e. The Balaban J connectivity index is 2.66. The summed E-state index contributed by atoms with van der Waals surface area (Å²) in [5.41, 5.74) is 1.03. The van der Waals surface area contributed by atoms with Crippen molar-refractivity contribution < 1.29 is 29.0 Å². The quantitative estimate of drug-likeness (QED) is 0.194. The molecule has 1 rings (SSSR count). The van der Waals surface area contributed by atoms with Gasteiger partial charge in [0.2, 0.25) is 6.10 Å². The van der Waals surface area contributed by atoms with E-state index in [-0.39, 0.29) is 18.6 Å². The van der Waals surface area contributed by atoms with E-state index < -0.39 is 29.9 Å². The van der Waals surface area contributed by atoms with Crippen molar-refractivity contribution in [1.82, 2.24) is 0 Å². The molecule has 1 aliphatic heterocycles. The maximum atomic E-state index is 12.3. The fourth-order valence-corrected chi connectivity index (χ4v) is 4.67. The summed E-state index contributed by atoms with van der Waals surface area (Å²) in [6.45, 7) is 15.1. The van der Waals surface area contributed by atoms with E-state index in [2.05, 4.69) is 40.7 Å². The van der Waals surface area contributed by atoms with Gasteiger partial charge < -0.3 is 14.6 Å². The van der Waals surface area contributed by atoms with Crippen molar-refractivity contribution in [2.45, 2.75) is 93.1 Å². The van der Waals surface area contributed by atoms with Crippen LogP contribution >= 0.6 is 0 Å². The summed E-state index contributed by atoms with van der Waals surface area (Å²) < 4.78 is 9.99. The van der Waals surface area contributed by atoms with Gasteiger partial charge in [-0.05, 0) is 62.4 Å². The van der Waals surface area contributed by atoms with Crippen LogP contribution in [-0.4, -0.2) is 35.7 Å². The second-order valence-corrected chi connectivity index (χ2v) is 10.3. The predicted molar refractivity (Wildman–Crippen MR) is 130 cm³/mol. The Labute approximate surface area is 199 Å². The molecule has 0 aromatic carbocycles. The number of carbonyl (C=O) groups excluding carboxylic acids is 2. The van der Waals surface area contributed by atoms with Crippen LogP contribution in [0.1, 0.15) is 87.0 Å². The summed E-state index contributed by atoms with van der Waals surface area (Å²) in [6, 6.07) is 0. The van der Waals surface area contributed by atoms with Gasteiger partial charge in [0.1, 0.15) is 0 Å². The summed E-state index contributed by atoms with van der Waals surface area (Å²) in [4.78, 5) is 35.6. The van der Waals surface area contributed by atoms with Gasteiger partial charge in [0, 0.05) is 12.0 Å². The Morgan fingerprint density at radius 2 is 1.70 bits per heavy atom. The molecule has 0 amide bonds. The van der Waals surface area contributed by atoms with Crippen LogP contribution in [0.5, 0.6) is 0 Å². The molecule has 6 atom stereocenters. The first-order valence-electron chi connectivity index (χ1n) is 12.4. The van der Waals surface area contributed by atoms with Crippen LogP contribution in [0.4, 0.5) is 0 Å². The topological polar surface area (TPSA) is 89.9 Å². The van der Waals surface area contributed by atoms with E-state index in [1.54, 1.807) is 13.0 Å². The van der Waals surface area contributed by atoms with Crippen LogP contribution in [-0.2, 0) is 23.9 Å². The molecule has 1 N–H and O–H groups in total. The maximum absolute atomic E-state index is 12.3. The van der Waals surface area contributed by atoms with Gasteiger partial charge in [-0.1, -0.05) is 59.6 Å². The minimum Gasteiger partial charge on any atom is -0.478 e. The molecule has 33 heavy (non-hydrogen) atoms. The molecule has 188 valence electrons. The van der Waals surface area contributed by atoms with Crippen molar-refractivity contribution >= 4 is 17.9 Å². The molecule has 0 radical (unpaired) electrons. The van der Waals surface area contributed by atoms with Gasteiger partial charge in [0.15, 0.2) is 0 Å². The molecule has 0 saturated carbocycles. The number of hydrogen-bond donors (Lipinski definition) is 1. The van der Waals surface area contributed by atoms with E-state index >= 15 is 0 Å². The number of allylic oxidation sites excluding steroid dienone is 3. The number of aliphatic carboxylic acids is 1. The average Bonchev–Trinajstić information content (AvgIpc) is 3.10. The first kappa shape index (κ1) is 28.9. The number of hydrogen-bond acceptors (Lipinski definition) is 5. The lowest BCUT2D eigenvalue weighted by molar-refractivity contribution is -0.162. The van der Waals surface area contributed by atoms with Crippen molar-refractivity contribution in [3.63, 3.8) is 0 Å². The summed E-state index contributed by atoms with van der Waals surface area (Å²) in [5, 5.41) is 9.63. The number of carbonyl (C=O) groups is 3. The molecular formula is C27H44O6. The lowest BCUT2D eigenvalue weighted by Crippen LogP contribution is -2.27. The average molecular weight is 465 g/mol. The van der Waals surface area contributed by atoms with Gasteiger partial charge in [-0.25, -0.2) is 9.59 Å². The maximum Gasteiger partial charge on any atom is 0.347 e. The van der Waals surface area contributed by atoms with E-state index in [1.807, 2.05) is 6.92 Å². The highest BCUT2D eigenvalue weighted by molar-refractivity contribution is 5.88. The van der Waals surface area contributed by atoms with E-state index in [0.29, 0.717) is 24.2 Å². The summed E-state index contributed by atoms with van der Waals surface area (Å²) in [7, 11) is 0. The second kappa shape index (κ2) is 14.2. The number of carboxylic acids is 1. The molecule has 5 unspecified atom stereocenters.